The van der Waals surface area contributed by atoms with Gasteiger partial charge < -0.3 is 9.47 Å². The molecule has 0 amide bonds. The summed E-state index contributed by atoms with van der Waals surface area (Å²) in [5, 5.41) is 0.661. The predicted molar refractivity (Wildman–Crippen MR) is 151 cm³/mol. The van der Waals surface area contributed by atoms with Gasteiger partial charge in [-0.3, -0.25) is 9.36 Å². The second-order valence-corrected chi connectivity index (χ2v) is 11.0. The fourth-order valence-electron chi connectivity index (χ4n) is 3.90. The molecule has 13 heteroatoms. The summed E-state index contributed by atoms with van der Waals surface area (Å²) in [6.07, 6.45) is 1.74. The Morgan fingerprint density at radius 3 is 2.56 bits per heavy atom. The standard InChI is InChI=1S/C26H16Cl2F3IN2O4S/c1-3-9-38-21-14(10-16(28)12-17(21)32)11-18-23(35)34-20(13-5-7-15(27)8-6-13)19(24(36)37-4-2)22(26(29,30)31)33-25(34)39-18/h1,5-8,10-12,20H,4,9H2,2H3/b18-11-/t20-/m0/s1. The van der Waals surface area contributed by atoms with Crippen molar-refractivity contribution in [2.75, 3.05) is 13.2 Å². The van der Waals surface area contributed by atoms with Gasteiger partial charge in [0.2, 0.25) is 0 Å². The second-order valence-electron chi connectivity index (χ2n) is 7.91. The number of hydrogen-bond acceptors (Lipinski definition) is 6. The summed E-state index contributed by atoms with van der Waals surface area (Å²) in [6, 6.07) is 7.47. The molecule has 0 saturated carbocycles. The minimum Gasteiger partial charge on any atom is -0.479 e. The predicted octanol–water partition coefficient (Wildman–Crippen LogP) is 5.26. The Kier molecular flexibility index (Phi) is 8.80. The molecule has 1 atom stereocenters. The number of alkyl halides is 3. The first-order valence-corrected chi connectivity index (χ1v) is 13.7. The summed E-state index contributed by atoms with van der Waals surface area (Å²) in [4.78, 5) is 30.1. The summed E-state index contributed by atoms with van der Waals surface area (Å²) >= 11 is 14.9. The SMILES string of the molecule is C#CCOc1c(I)cc(Cl)cc1/C=c1\sc2n(c1=O)[C@@H](c1ccc(Cl)cc1)C(C(=O)OCC)=C(C(F)(F)F)N=2. The Morgan fingerprint density at radius 2 is 1.95 bits per heavy atom. The molecule has 1 aliphatic rings. The summed E-state index contributed by atoms with van der Waals surface area (Å²) in [7, 11) is 0. The van der Waals surface area contributed by atoms with E-state index in [1.807, 2.05) is 22.6 Å². The Morgan fingerprint density at radius 1 is 1.26 bits per heavy atom. The number of nitrogens with zero attached hydrogens (tertiary/aromatic N) is 2. The maximum absolute atomic E-state index is 14.2. The van der Waals surface area contributed by atoms with Crippen molar-refractivity contribution < 1.29 is 27.4 Å². The van der Waals surface area contributed by atoms with Gasteiger partial charge in [0.15, 0.2) is 10.5 Å². The van der Waals surface area contributed by atoms with Crippen molar-refractivity contribution in [3.05, 3.63) is 92.1 Å². The fourth-order valence-corrected chi connectivity index (χ4v) is 6.23. The van der Waals surface area contributed by atoms with E-state index in [1.54, 1.807) is 6.07 Å². The molecule has 202 valence electrons. The molecule has 0 fully saturated rings. The fraction of sp³-hybridized carbons (Fsp3) is 0.192. The van der Waals surface area contributed by atoms with E-state index in [4.69, 9.17) is 39.1 Å². The first-order valence-electron chi connectivity index (χ1n) is 11.1. The lowest BCUT2D eigenvalue weighted by atomic mass is 9.95. The summed E-state index contributed by atoms with van der Waals surface area (Å²) < 4.78 is 55.0. The molecule has 0 N–H and O–H groups in total. The number of thiazole rings is 1. The monoisotopic (exact) mass is 706 g/mol. The summed E-state index contributed by atoms with van der Waals surface area (Å²) in [5.41, 5.74) is -2.33. The van der Waals surface area contributed by atoms with E-state index in [9.17, 15) is 22.8 Å². The van der Waals surface area contributed by atoms with Crippen LogP contribution < -0.4 is 19.6 Å². The van der Waals surface area contributed by atoms with Crippen LogP contribution in [0.25, 0.3) is 6.08 Å². The van der Waals surface area contributed by atoms with Crippen LogP contribution in [0.4, 0.5) is 13.2 Å². The topological polar surface area (TPSA) is 69.9 Å². The molecule has 1 aliphatic heterocycles. The molecule has 3 aromatic rings. The van der Waals surface area contributed by atoms with Gasteiger partial charge in [0, 0.05) is 15.6 Å². The van der Waals surface area contributed by atoms with Gasteiger partial charge in [-0.05, 0) is 65.4 Å². The van der Waals surface area contributed by atoms with Crippen LogP contribution in [0.15, 0.2) is 57.5 Å². The average Bonchev–Trinajstić information content (AvgIpc) is 3.17. The Bertz CT molecular complexity index is 1710. The van der Waals surface area contributed by atoms with Crippen molar-refractivity contribution in [2.45, 2.75) is 19.1 Å². The number of esters is 1. The van der Waals surface area contributed by atoms with E-state index >= 15 is 0 Å². The molecule has 2 heterocycles. The number of allylic oxidation sites excluding steroid dienone is 1. The molecule has 2 aromatic carbocycles. The number of rotatable bonds is 6. The van der Waals surface area contributed by atoms with Crippen LogP contribution in [0, 0.1) is 15.9 Å². The molecule has 1 aromatic heterocycles. The second kappa shape index (κ2) is 11.8. The van der Waals surface area contributed by atoms with Crippen LogP contribution in [0.5, 0.6) is 5.75 Å². The summed E-state index contributed by atoms with van der Waals surface area (Å²) in [6.45, 7) is 1.22. The zero-order valence-corrected chi connectivity index (χ0v) is 24.3. The zero-order valence-electron chi connectivity index (χ0n) is 19.8. The molecule has 6 nitrogen and oxygen atoms in total. The van der Waals surface area contributed by atoms with Crippen molar-refractivity contribution >= 4 is 69.2 Å². The van der Waals surface area contributed by atoms with Gasteiger partial charge in [-0.1, -0.05) is 52.6 Å². The highest BCUT2D eigenvalue weighted by molar-refractivity contribution is 14.1. The van der Waals surface area contributed by atoms with Crippen LogP contribution in [-0.2, 0) is 9.53 Å². The highest BCUT2D eigenvalue weighted by Crippen LogP contribution is 2.38. The number of fused-ring (bicyclic) bond motifs is 1. The van der Waals surface area contributed by atoms with Gasteiger partial charge in [0.25, 0.3) is 5.56 Å². The number of ether oxygens (including phenoxy) is 2. The number of benzene rings is 2. The van der Waals surface area contributed by atoms with E-state index < -0.39 is 35.0 Å². The molecule has 4 rings (SSSR count). The first kappa shape index (κ1) is 29.2. The van der Waals surface area contributed by atoms with Gasteiger partial charge in [0.05, 0.1) is 26.3 Å². The van der Waals surface area contributed by atoms with Gasteiger partial charge in [-0.2, -0.15) is 13.2 Å². The first-order chi connectivity index (χ1) is 18.5. The molecule has 0 radical (unpaired) electrons. The van der Waals surface area contributed by atoms with Crippen LogP contribution in [0.1, 0.15) is 24.1 Å². The molecule has 39 heavy (non-hydrogen) atoms. The molecule has 0 unspecified atom stereocenters. The van der Waals surface area contributed by atoms with Crippen LogP contribution in [-0.4, -0.2) is 29.9 Å². The minimum absolute atomic E-state index is 0.0305. The number of carbonyl (C=O) groups excluding carboxylic acids is 1. The Labute approximate surface area is 247 Å². The normalized spacial score (nSPS) is 15.4. The van der Waals surface area contributed by atoms with Gasteiger partial charge in [-0.25, -0.2) is 9.79 Å². The molecule has 0 spiro atoms. The minimum atomic E-state index is -5.01. The lowest BCUT2D eigenvalue weighted by Gasteiger charge is -2.26. The quantitative estimate of drug-likeness (QED) is 0.199. The third-order valence-corrected chi connectivity index (χ3v) is 7.66. The lowest BCUT2D eigenvalue weighted by molar-refractivity contribution is -0.140. The van der Waals surface area contributed by atoms with E-state index in [2.05, 4.69) is 10.9 Å². The number of halogens is 6. The number of carbonyl (C=O) groups is 1. The summed E-state index contributed by atoms with van der Waals surface area (Å²) in [5.74, 6) is 1.47. The van der Waals surface area contributed by atoms with Crippen LogP contribution >= 0.6 is 57.1 Å². The Hall–Kier alpha value is -2.79. The number of hydrogen-bond donors (Lipinski definition) is 0. The van der Waals surface area contributed by atoms with Crippen molar-refractivity contribution in [3.63, 3.8) is 0 Å². The average molecular weight is 707 g/mol. The van der Waals surface area contributed by atoms with Crippen molar-refractivity contribution in [1.29, 1.82) is 0 Å². The Balaban J connectivity index is 2.05. The largest absolute Gasteiger partial charge is 0.479 e. The number of aromatic nitrogens is 1. The maximum atomic E-state index is 14.2. The van der Waals surface area contributed by atoms with Crippen molar-refractivity contribution in [3.8, 4) is 18.1 Å². The lowest BCUT2D eigenvalue weighted by Crippen LogP contribution is -2.41. The van der Waals surface area contributed by atoms with Crippen LogP contribution in [0.2, 0.25) is 10.0 Å². The highest BCUT2D eigenvalue weighted by Gasteiger charge is 2.45. The van der Waals surface area contributed by atoms with Gasteiger partial charge in [-0.15, -0.1) is 6.42 Å². The molecule has 0 saturated heterocycles. The molecular weight excluding hydrogens is 691 g/mol. The third-order valence-electron chi connectivity index (χ3n) is 5.40. The molecule has 0 aliphatic carbocycles. The molecular formula is C26H16Cl2F3IN2O4S. The van der Waals surface area contributed by atoms with E-state index in [0.717, 1.165) is 15.9 Å². The highest BCUT2D eigenvalue weighted by atomic mass is 127. The maximum Gasteiger partial charge on any atom is 0.434 e. The smallest absolute Gasteiger partial charge is 0.434 e. The van der Waals surface area contributed by atoms with E-state index in [1.165, 1.54) is 43.3 Å². The van der Waals surface area contributed by atoms with Crippen molar-refractivity contribution in [2.24, 2.45) is 4.99 Å². The van der Waals surface area contributed by atoms with E-state index in [0.29, 0.717) is 24.9 Å². The van der Waals surface area contributed by atoms with Gasteiger partial charge >= 0.3 is 12.1 Å². The van der Waals surface area contributed by atoms with E-state index in [-0.39, 0.29) is 28.1 Å². The third kappa shape index (κ3) is 6.04. The van der Waals surface area contributed by atoms with Gasteiger partial charge in [0.1, 0.15) is 12.4 Å². The van der Waals surface area contributed by atoms with Crippen molar-refractivity contribution in [1.82, 2.24) is 4.57 Å². The zero-order chi connectivity index (χ0) is 28.5. The van der Waals surface area contributed by atoms with Crippen LogP contribution in [0.3, 0.4) is 0 Å². The number of terminal acetylenes is 1. The molecule has 0 bridgehead atoms.